The Morgan fingerprint density at radius 1 is 1.28 bits per heavy atom. The number of aromatic nitrogens is 1. The topological polar surface area (TPSA) is 65.1 Å². The molecule has 0 amide bonds. The highest BCUT2D eigenvalue weighted by atomic mass is 35.5. The molecule has 0 aliphatic carbocycles. The Hall–Kier alpha value is -2.37. The van der Waals surface area contributed by atoms with Gasteiger partial charge in [-0.15, -0.1) is 0 Å². The summed E-state index contributed by atoms with van der Waals surface area (Å²) in [6.45, 7) is 2.01. The minimum Gasteiger partial charge on any atom is -0.480 e. The first-order valence-electron chi connectivity index (χ1n) is 7.99. The number of aromatic amines is 1. The average Bonchev–Trinajstić information content (AvgIpc) is 2.91. The molecule has 3 aromatic rings. The molecule has 25 heavy (non-hydrogen) atoms. The molecule has 128 valence electrons. The third kappa shape index (κ3) is 2.69. The zero-order chi connectivity index (χ0) is 17.7. The van der Waals surface area contributed by atoms with E-state index in [9.17, 15) is 14.3 Å². The van der Waals surface area contributed by atoms with Gasteiger partial charge in [0.15, 0.2) is 0 Å². The summed E-state index contributed by atoms with van der Waals surface area (Å²) in [6.07, 6.45) is 0.378. The summed E-state index contributed by atoms with van der Waals surface area (Å²) in [5, 5.41) is 13.9. The van der Waals surface area contributed by atoms with E-state index in [1.807, 2.05) is 25.1 Å². The predicted molar refractivity (Wildman–Crippen MR) is 94.6 cm³/mol. The zero-order valence-corrected chi connectivity index (χ0v) is 14.2. The molecule has 1 aromatic heterocycles. The molecule has 0 saturated heterocycles. The first-order valence-corrected chi connectivity index (χ1v) is 8.36. The molecule has 4 rings (SSSR count). The molecular weight excluding hydrogens is 343 g/mol. The number of benzene rings is 2. The fourth-order valence-electron chi connectivity index (χ4n) is 3.54. The van der Waals surface area contributed by atoms with Crippen molar-refractivity contribution in [2.45, 2.75) is 25.4 Å². The first-order chi connectivity index (χ1) is 11.9. The van der Waals surface area contributed by atoms with Crippen molar-refractivity contribution in [3.63, 3.8) is 0 Å². The largest absolute Gasteiger partial charge is 0.480 e. The highest BCUT2D eigenvalue weighted by Crippen LogP contribution is 2.37. The second kappa shape index (κ2) is 5.86. The number of carboxylic acids is 1. The van der Waals surface area contributed by atoms with Crippen molar-refractivity contribution in [2.24, 2.45) is 0 Å². The number of fused-ring (bicyclic) bond motifs is 3. The van der Waals surface area contributed by atoms with Gasteiger partial charge in [-0.1, -0.05) is 29.8 Å². The molecular formula is C19H16ClFN2O2. The van der Waals surface area contributed by atoms with Crippen molar-refractivity contribution in [2.75, 3.05) is 0 Å². The number of H-pyrrole nitrogens is 1. The van der Waals surface area contributed by atoms with Gasteiger partial charge in [0.25, 0.3) is 0 Å². The maximum Gasteiger partial charge on any atom is 0.321 e. The van der Waals surface area contributed by atoms with Crippen LogP contribution in [0.3, 0.4) is 0 Å². The predicted octanol–water partition coefficient (Wildman–Crippen LogP) is 3.96. The second-order valence-corrected chi connectivity index (χ2v) is 6.83. The third-order valence-electron chi connectivity index (χ3n) is 4.73. The summed E-state index contributed by atoms with van der Waals surface area (Å²) >= 11 is 6.24. The highest BCUT2D eigenvalue weighted by Gasteiger charge is 2.34. The quantitative estimate of drug-likeness (QED) is 0.649. The highest BCUT2D eigenvalue weighted by molar-refractivity contribution is 6.31. The summed E-state index contributed by atoms with van der Waals surface area (Å²) in [5.41, 5.74) is 4.57. The zero-order valence-electron chi connectivity index (χ0n) is 13.4. The van der Waals surface area contributed by atoms with Crippen LogP contribution in [0.1, 0.15) is 28.4 Å². The van der Waals surface area contributed by atoms with Crippen molar-refractivity contribution in [3.05, 3.63) is 69.6 Å². The van der Waals surface area contributed by atoms with Gasteiger partial charge in [0.1, 0.15) is 11.9 Å². The minimum absolute atomic E-state index is 0.268. The Kier molecular flexibility index (Phi) is 3.78. The van der Waals surface area contributed by atoms with E-state index < -0.39 is 23.9 Å². The average molecular weight is 359 g/mol. The number of carboxylic acid groups (broad SMARTS) is 1. The summed E-state index contributed by atoms with van der Waals surface area (Å²) in [6, 6.07) is 9.05. The van der Waals surface area contributed by atoms with Crippen molar-refractivity contribution >= 4 is 28.5 Å². The molecule has 0 saturated carbocycles. The SMILES string of the molecule is Cc1ccc2c3c([nH]c2c1)[C@@H](c1ccc(F)cc1Cl)N[C@H](C(=O)O)C3. The molecule has 4 nitrogen and oxygen atoms in total. The fraction of sp³-hybridized carbons (Fsp3) is 0.211. The molecule has 0 fully saturated rings. The van der Waals surface area contributed by atoms with E-state index in [0.717, 1.165) is 27.7 Å². The minimum atomic E-state index is -0.921. The molecule has 1 aliphatic heterocycles. The van der Waals surface area contributed by atoms with Gasteiger partial charge in [0.2, 0.25) is 0 Å². The van der Waals surface area contributed by atoms with Crippen LogP contribution in [0.5, 0.6) is 0 Å². The number of aryl methyl sites for hydroxylation is 1. The van der Waals surface area contributed by atoms with Gasteiger partial charge < -0.3 is 10.1 Å². The third-order valence-corrected chi connectivity index (χ3v) is 5.06. The van der Waals surface area contributed by atoms with Gasteiger partial charge in [-0.05, 0) is 41.8 Å². The molecule has 2 atom stereocenters. The first kappa shape index (κ1) is 16.1. The smallest absolute Gasteiger partial charge is 0.321 e. The Bertz CT molecular complexity index is 998. The fourth-order valence-corrected chi connectivity index (χ4v) is 3.82. The standard InChI is InChI=1S/C19H16ClFN2O2/c1-9-2-4-11-13-8-16(19(24)25)23-17(18(13)22-15(11)6-9)12-5-3-10(21)7-14(12)20/h2-7,16-17,22-23H,8H2,1H3,(H,24,25)/t16-,17+/m0/s1. The lowest BCUT2D eigenvalue weighted by molar-refractivity contribution is -0.139. The van der Waals surface area contributed by atoms with E-state index in [-0.39, 0.29) is 5.02 Å². The molecule has 6 heteroatoms. The van der Waals surface area contributed by atoms with Crippen LogP contribution in [0.15, 0.2) is 36.4 Å². The van der Waals surface area contributed by atoms with Gasteiger partial charge in [-0.2, -0.15) is 0 Å². The number of rotatable bonds is 2. The van der Waals surface area contributed by atoms with E-state index in [1.54, 1.807) is 6.07 Å². The lowest BCUT2D eigenvalue weighted by Crippen LogP contribution is -2.45. The molecule has 1 aliphatic rings. The van der Waals surface area contributed by atoms with Crippen LogP contribution in [0.4, 0.5) is 4.39 Å². The van der Waals surface area contributed by atoms with E-state index in [0.29, 0.717) is 12.0 Å². The Balaban J connectivity index is 1.93. The van der Waals surface area contributed by atoms with Crippen molar-refractivity contribution in [1.82, 2.24) is 10.3 Å². The summed E-state index contributed by atoms with van der Waals surface area (Å²) < 4.78 is 13.4. The van der Waals surface area contributed by atoms with Gasteiger partial charge in [0.05, 0.1) is 6.04 Å². The van der Waals surface area contributed by atoms with E-state index in [4.69, 9.17) is 11.6 Å². The van der Waals surface area contributed by atoms with Crippen molar-refractivity contribution in [3.8, 4) is 0 Å². The lowest BCUT2D eigenvalue weighted by Gasteiger charge is -2.30. The van der Waals surface area contributed by atoms with Crippen LogP contribution in [-0.4, -0.2) is 22.1 Å². The van der Waals surface area contributed by atoms with E-state index in [1.165, 1.54) is 12.1 Å². The van der Waals surface area contributed by atoms with Gasteiger partial charge in [0, 0.05) is 28.0 Å². The van der Waals surface area contributed by atoms with Gasteiger partial charge >= 0.3 is 5.97 Å². The normalized spacial score (nSPS) is 19.8. The van der Waals surface area contributed by atoms with E-state index >= 15 is 0 Å². The molecule has 0 unspecified atom stereocenters. The molecule has 2 heterocycles. The number of halogens is 2. The monoisotopic (exact) mass is 358 g/mol. The molecule has 2 aromatic carbocycles. The van der Waals surface area contributed by atoms with Crippen LogP contribution in [0, 0.1) is 12.7 Å². The van der Waals surface area contributed by atoms with Crippen molar-refractivity contribution < 1.29 is 14.3 Å². The number of aliphatic carboxylic acids is 1. The summed E-state index contributed by atoms with van der Waals surface area (Å²) in [7, 11) is 0. The Morgan fingerprint density at radius 3 is 2.80 bits per heavy atom. The van der Waals surface area contributed by atoms with Crippen LogP contribution >= 0.6 is 11.6 Å². The maximum absolute atomic E-state index is 13.4. The number of nitrogens with one attached hydrogen (secondary N) is 2. The second-order valence-electron chi connectivity index (χ2n) is 6.43. The van der Waals surface area contributed by atoms with Crippen LogP contribution in [0.25, 0.3) is 10.9 Å². The summed E-state index contributed by atoms with van der Waals surface area (Å²) in [4.78, 5) is 15.0. The number of hydrogen-bond acceptors (Lipinski definition) is 2. The Morgan fingerprint density at radius 2 is 2.08 bits per heavy atom. The van der Waals surface area contributed by atoms with E-state index in [2.05, 4.69) is 10.3 Å². The number of hydrogen-bond donors (Lipinski definition) is 3. The van der Waals surface area contributed by atoms with Crippen LogP contribution < -0.4 is 5.32 Å². The maximum atomic E-state index is 13.4. The Labute approximate surface area is 148 Å². The molecule has 0 spiro atoms. The molecule has 0 radical (unpaired) electrons. The molecule has 0 bridgehead atoms. The summed E-state index contributed by atoms with van der Waals surface area (Å²) in [5.74, 6) is -1.35. The lowest BCUT2D eigenvalue weighted by atomic mass is 9.90. The van der Waals surface area contributed by atoms with Crippen LogP contribution in [0.2, 0.25) is 5.02 Å². The van der Waals surface area contributed by atoms with Crippen molar-refractivity contribution in [1.29, 1.82) is 0 Å². The molecule has 3 N–H and O–H groups in total. The van der Waals surface area contributed by atoms with Gasteiger partial charge in [-0.25, -0.2) is 4.39 Å². The van der Waals surface area contributed by atoms with Crippen LogP contribution in [-0.2, 0) is 11.2 Å². The number of carbonyl (C=O) groups is 1. The van der Waals surface area contributed by atoms with Gasteiger partial charge in [-0.3, -0.25) is 10.1 Å².